The van der Waals surface area contributed by atoms with Gasteiger partial charge in [-0.25, -0.2) is 8.78 Å². The molecular formula is C14H21F2N3. The van der Waals surface area contributed by atoms with Gasteiger partial charge in [0.05, 0.1) is 0 Å². The summed E-state index contributed by atoms with van der Waals surface area (Å²) < 4.78 is 26.0. The zero-order valence-corrected chi connectivity index (χ0v) is 11.5. The first-order chi connectivity index (χ1) is 9.15. The largest absolute Gasteiger partial charge is 0.357 e. The molecule has 0 spiro atoms. The van der Waals surface area contributed by atoms with Gasteiger partial charge >= 0.3 is 0 Å². The molecule has 106 valence electrons. The van der Waals surface area contributed by atoms with Crippen LogP contribution in [-0.4, -0.2) is 25.6 Å². The van der Waals surface area contributed by atoms with E-state index in [1.54, 1.807) is 0 Å². The van der Waals surface area contributed by atoms with Crippen molar-refractivity contribution in [1.82, 2.24) is 10.6 Å². The van der Waals surface area contributed by atoms with Crippen LogP contribution in [0.15, 0.2) is 23.2 Å². The minimum Gasteiger partial charge on any atom is -0.357 e. The van der Waals surface area contributed by atoms with Crippen molar-refractivity contribution in [2.45, 2.75) is 26.7 Å². The van der Waals surface area contributed by atoms with E-state index >= 15 is 0 Å². The predicted molar refractivity (Wildman–Crippen MR) is 74.3 cm³/mol. The maximum atomic E-state index is 13.0. The number of benzene rings is 1. The summed E-state index contributed by atoms with van der Waals surface area (Å²) in [7, 11) is 0. The monoisotopic (exact) mass is 269 g/mol. The molecule has 0 unspecified atom stereocenters. The molecule has 0 saturated carbocycles. The highest BCUT2D eigenvalue weighted by molar-refractivity contribution is 5.79. The Labute approximate surface area is 113 Å². The van der Waals surface area contributed by atoms with Crippen LogP contribution in [0.25, 0.3) is 0 Å². The minimum absolute atomic E-state index is 0.540. The third-order valence-electron chi connectivity index (χ3n) is 2.47. The summed E-state index contributed by atoms with van der Waals surface area (Å²) >= 11 is 0. The molecule has 1 rings (SSSR count). The van der Waals surface area contributed by atoms with Gasteiger partial charge in [-0.05, 0) is 37.5 Å². The molecule has 1 aromatic carbocycles. The number of hydrogen-bond acceptors (Lipinski definition) is 1. The first-order valence-electron chi connectivity index (χ1n) is 6.62. The lowest BCUT2D eigenvalue weighted by Gasteiger charge is -2.11. The van der Waals surface area contributed by atoms with Crippen molar-refractivity contribution in [2.24, 2.45) is 4.99 Å². The zero-order valence-electron chi connectivity index (χ0n) is 11.5. The Hall–Kier alpha value is -1.65. The van der Waals surface area contributed by atoms with Gasteiger partial charge in [0.1, 0.15) is 11.6 Å². The minimum atomic E-state index is -0.540. The van der Waals surface area contributed by atoms with E-state index in [0.717, 1.165) is 31.5 Å². The highest BCUT2D eigenvalue weighted by atomic mass is 19.1. The van der Waals surface area contributed by atoms with Gasteiger partial charge in [0, 0.05) is 25.7 Å². The second-order valence-electron chi connectivity index (χ2n) is 4.22. The number of halogens is 2. The van der Waals surface area contributed by atoms with Crippen molar-refractivity contribution in [3.63, 3.8) is 0 Å². The molecule has 0 aromatic heterocycles. The van der Waals surface area contributed by atoms with Crippen LogP contribution in [-0.2, 0) is 6.42 Å². The lowest BCUT2D eigenvalue weighted by molar-refractivity contribution is 0.579. The molecular weight excluding hydrogens is 248 g/mol. The summed E-state index contributed by atoms with van der Waals surface area (Å²) in [5, 5.41) is 6.25. The molecule has 1 aromatic rings. The summed E-state index contributed by atoms with van der Waals surface area (Å²) in [4.78, 5) is 4.34. The molecule has 0 bridgehead atoms. The first-order valence-corrected chi connectivity index (χ1v) is 6.62. The van der Waals surface area contributed by atoms with Crippen LogP contribution in [0.3, 0.4) is 0 Å². The van der Waals surface area contributed by atoms with Crippen molar-refractivity contribution < 1.29 is 8.78 Å². The average molecular weight is 269 g/mol. The van der Waals surface area contributed by atoms with Gasteiger partial charge in [-0.3, -0.25) is 4.99 Å². The number of nitrogens with zero attached hydrogens (tertiary/aromatic N) is 1. The lowest BCUT2D eigenvalue weighted by atomic mass is 10.1. The quantitative estimate of drug-likeness (QED) is 0.615. The van der Waals surface area contributed by atoms with E-state index in [2.05, 4.69) is 22.5 Å². The molecule has 0 aliphatic carbocycles. The SMILES string of the molecule is CCCN=C(NCC)NCCc1cc(F)cc(F)c1. The van der Waals surface area contributed by atoms with E-state index in [1.165, 1.54) is 12.1 Å². The topological polar surface area (TPSA) is 36.4 Å². The highest BCUT2D eigenvalue weighted by Crippen LogP contribution is 2.07. The summed E-state index contributed by atoms with van der Waals surface area (Å²) in [5.74, 6) is -0.343. The maximum absolute atomic E-state index is 13.0. The molecule has 19 heavy (non-hydrogen) atoms. The van der Waals surface area contributed by atoms with Gasteiger partial charge in [-0.2, -0.15) is 0 Å². The lowest BCUT2D eigenvalue weighted by Crippen LogP contribution is -2.38. The van der Waals surface area contributed by atoms with E-state index in [4.69, 9.17) is 0 Å². The van der Waals surface area contributed by atoms with Crippen LogP contribution < -0.4 is 10.6 Å². The molecule has 3 nitrogen and oxygen atoms in total. The van der Waals surface area contributed by atoms with Crippen LogP contribution in [0.5, 0.6) is 0 Å². The normalized spacial score (nSPS) is 11.5. The van der Waals surface area contributed by atoms with Crippen LogP contribution in [0.4, 0.5) is 8.78 Å². The molecule has 0 saturated heterocycles. The summed E-state index contributed by atoms with van der Waals surface area (Å²) in [6.07, 6.45) is 1.52. The fraction of sp³-hybridized carbons (Fsp3) is 0.500. The summed E-state index contributed by atoms with van der Waals surface area (Å²) in [6, 6.07) is 3.57. The molecule has 2 N–H and O–H groups in total. The standard InChI is InChI=1S/C14H21F2N3/c1-3-6-18-14(17-4-2)19-7-5-11-8-12(15)10-13(16)9-11/h8-10H,3-7H2,1-2H3,(H2,17,18,19). The Morgan fingerprint density at radius 1 is 1.11 bits per heavy atom. The molecule has 5 heteroatoms. The zero-order chi connectivity index (χ0) is 14.1. The van der Waals surface area contributed by atoms with E-state index in [1.807, 2.05) is 6.92 Å². The van der Waals surface area contributed by atoms with Gasteiger partial charge in [0.25, 0.3) is 0 Å². The van der Waals surface area contributed by atoms with Crippen molar-refractivity contribution >= 4 is 5.96 Å². The van der Waals surface area contributed by atoms with E-state index < -0.39 is 11.6 Å². The van der Waals surface area contributed by atoms with Crippen molar-refractivity contribution in [1.29, 1.82) is 0 Å². The van der Waals surface area contributed by atoms with Crippen LogP contribution >= 0.6 is 0 Å². The fourth-order valence-electron chi connectivity index (χ4n) is 1.65. The smallest absolute Gasteiger partial charge is 0.191 e. The first kappa shape index (κ1) is 15.4. The summed E-state index contributed by atoms with van der Waals surface area (Å²) in [6.45, 7) is 6.17. The molecule has 0 aliphatic heterocycles. The number of guanidine groups is 1. The number of rotatable bonds is 6. The molecule has 0 fully saturated rings. The van der Waals surface area contributed by atoms with E-state index in [9.17, 15) is 8.78 Å². The molecule has 0 radical (unpaired) electrons. The van der Waals surface area contributed by atoms with E-state index in [0.29, 0.717) is 18.5 Å². The van der Waals surface area contributed by atoms with Gasteiger partial charge in [-0.15, -0.1) is 0 Å². The number of aliphatic imine (C=N–C) groups is 1. The molecule has 0 amide bonds. The third kappa shape index (κ3) is 6.18. The average Bonchev–Trinajstić information content (AvgIpc) is 2.34. The molecule has 0 aliphatic rings. The van der Waals surface area contributed by atoms with Crippen LogP contribution in [0.2, 0.25) is 0 Å². The second kappa shape index (κ2) is 8.45. The van der Waals surface area contributed by atoms with Crippen molar-refractivity contribution in [3.05, 3.63) is 35.4 Å². The highest BCUT2D eigenvalue weighted by Gasteiger charge is 2.01. The maximum Gasteiger partial charge on any atom is 0.191 e. The number of nitrogens with one attached hydrogen (secondary N) is 2. The molecule has 0 atom stereocenters. The third-order valence-corrected chi connectivity index (χ3v) is 2.47. The van der Waals surface area contributed by atoms with Crippen molar-refractivity contribution in [2.75, 3.05) is 19.6 Å². The van der Waals surface area contributed by atoms with Crippen LogP contribution in [0.1, 0.15) is 25.8 Å². The Morgan fingerprint density at radius 2 is 1.79 bits per heavy atom. The van der Waals surface area contributed by atoms with Gasteiger partial charge < -0.3 is 10.6 Å². The van der Waals surface area contributed by atoms with Gasteiger partial charge in [-0.1, -0.05) is 6.92 Å². The molecule has 0 heterocycles. The Morgan fingerprint density at radius 3 is 2.37 bits per heavy atom. The van der Waals surface area contributed by atoms with E-state index in [-0.39, 0.29) is 0 Å². The predicted octanol–water partition coefficient (Wildman–Crippen LogP) is 2.47. The Kier molecular flexibility index (Phi) is 6.85. The van der Waals surface area contributed by atoms with Gasteiger partial charge in [0.15, 0.2) is 5.96 Å². The number of hydrogen-bond donors (Lipinski definition) is 2. The van der Waals surface area contributed by atoms with Crippen LogP contribution in [0, 0.1) is 11.6 Å². The van der Waals surface area contributed by atoms with Crippen molar-refractivity contribution in [3.8, 4) is 0 Å². The fourth-order valence-corrected chi connectivity index (χ4v) is 1.65. The Bertz CT molecular complexity index is 399. The Balaban J connectivity index is 2.46. The second-order valence-corrected chi connectivity index (χ2v) is 4.22. The summed E-state index contributed by atoms with van der Waals surface area (Å²) in [5.41, 5.74) is 0.635. The van der Waals surface area contributed by atoms with Gasteiger partial charge in [0.2, 0.25) is 0 Å².